The Morgan fingerprint density at radius 1 is 1.40 bits per heavy atom. The minimum Gasteiger partial charge on any atom is -0.327 e. The number of nitrogens with one attached hydrogen (secondary N) is 1. The number of anilines is 1. The molecule has 2 rings (SSSR count). The Morgan fingerprint density at radius 2 is 2.15 bits per heavy atom. The van der Waals surface area contributed by atoms with Crippen molar-refractivity contribution in [3.63, 3.8) is 0 Å². The zero-order valence-corrected chi connectivity index (χ0v) is 11.7. The Kier molecular flexibility index (Phi) is 4.09. The quantitative estimate of drug-likeness (QED) is 0.859. The van der Waals surface area contributed by atoms with Gasteiger partial charge in [0.2, 0.25) is 5.91 Å². The summed E-state index contributed by atoms with van der Waals surface area (Å²) < 4.78 is 1.57. The topological polar surface area (TPSA) is 98.7 Å². The van der Waals surface area contributed by atoms with Crippen LogP contribution in [0.1, 0.15) is 13.8 Å². The lowest BCUT2D eigenvalue weighted by molar-refractivity contribution is -0.119. The molecule has 1 aromatic carbocycles. The maximum Gasteiger partial charge on any atom is 0.228 e. The van der Waals surface area contributed by atoms with Crippen LogP contribution in [0.3, 0.4) is 0 Å². The van der Waals surface area contributed by atoms with Crippen LogP contribution >= 0.6 is 0 Å². The van der Waals surface area contributed by atoms with Crippen LogP contribution in [0.25, 0.3) is 11.4 Å². The number of hydrogen-bond acceptors (Lipinski definition) is 5. The van der Waals surface area contributed by atoms with E-state index in [4.69, 9.17) is 5.73 Å². The molecule has 2 atom stereocenters. The highest BCUT2D eigenvalue weighted by molar-refractivity contribution is 5.93. The molecule has 1 heterocycles. The van der Waals surface area contributed by atoms with Gasteiger partial charge in [0.25, 0.3) is 0 Å². The molecule has 0 aliphatic rings. The molecule has 0 bridgehead atoms. The summed E-state index contributed by atoms with van der Waals surface area (Å²) in [6.07, 6.45) is 0. The lowest BCUT2D eigenvalue weighted by Gasteiger charge is -2.15. The number of nitrogens with two attached hydrogens (primary N) is 1. The first kappa shape index (κ1) is 14.1. The number of tetrazole rings is 1. The van der Waals surface area contributed by atoms with Crippen molar-refractivity contribution in [3.8, 4) is 11.4 Å². The maximum absolute atomic E-state index is 12.0. The molecule has 0 aliphatic carbocycles. The fraction of sp³-hybridized carbons (Fsp3) is 0.385. The Balaban J connectivity index is 2.19. The highest BCUT2D eigenvalue weighted by Crippen LogP contribution is 2.20. The van der Waals surface area contributed by atoms with Crippen LogP contribution in [0, 0.1) is 5.92 Å². The van der Waals surface area contributed by atoms with Crippen LogP contribution in [0.5, 0.6) is 0 Å². The first-order chi connectivity index (χ1) is 9.49. The molecule has 0 radical (unpaired) electrons. The highest BCUT2D eigenvalue weighted by atomic mass is 16.1. The summed E-state index contributed by atoms with van der Waals surface area (Å²) in [6, 6.07) is 7.18. The number of benzene rings is 1. The molecule has 20 heavy (non-hydrogen) atoms. The number of aryl methyl sites for hydroxylation is 1. The van der Waals surface area contributed by atoms with E-state index >= 15 is 0 Å². The third-order valence-electron chi connectivity index (χ3n) is 3.21. The molecule has 0 spiro atoms. The summed E-state index contributed by atoms with van der Waals surface area (Å²) in [5, 5.41) is 14.2. The fourth-order valence-electron chi connectivity index (χ4n) is 1.70. The Bertz CT molecular complexity index is 606. The van der Waals surface area contributed by atoms with Crippen molar-refractivity contribution in [1.82, 2.24) is 20.2 Å². The van der Waals surface area contributed by atoms with Crippen molar-refractivity contribution >= 4 is 11.6 Å². The van der Waals surface area contributed by atoms with E-state index in [1.54, 1.807) is 18.7 Å². The Hall–Kier alpha value is -2.28. The predicted octanol–water partition coefficient (Wildman–Crippen LogP) is 0.799. The summed E-state index contributed by atoms with van der Waals surface area (Å²) in [4.78, 5) is 12.0. The minimum atomic E-state index is -0.254. The zero-order chi connectivity index (χ0) is 14.7. The summed E-state index contributed by atoms with van der Waals surface area (Å²) in [5.74, 6) is 0.282. The summed E-state index contributed by atoms with van der Waals surface area (Å²) in [7, 11) is 1.76. The van der Waals surface area contributed by atoms with E-state index in [0.717, 1.165) is 5.56 Å². The van der Waals surface area contributed by atoms with Crippen molar-refractivity contribution in [1.29, 1.82) is 0 Å². The lowest BCUT2D eigenvalue weighted by atomic mass is 10.0. The second-order valence-corrected chi connectivity index (χ2v) is 4.84. The second-order valence-electron chi connectivity index (χ2n) is 4.84. The number of carbonyl (C=O) groups is 1. The lowest BCUT2D eigenvalue weighted by Crippen LogP contribution is -2.34. The highest BCUT2D eigenvalue weighted by Gasteiger charge is 2.17. The van der Waals surface area contributed by atoms with Gasteiger partial charge in [-0.15, -0.1) is 5.10 Å². The van der Waals surface area contributed by atoms with Gasteiger partial charge in [0, 0.05) is 24.3 Å². The first-order valence-electron chi connectivity index (χ1n) is 6.38. The average Bonchev–Trinajstić information content (AvgIpc) is 2.84. The van der Waals surface area contributed by atoms with E-state index < -0.39 is 0 Å². The third kappa shape index (κ3) is 3.00. The molecule has 0 aliphatic heterocycles. The molecule has 0 fully saturated rings. The van der Waals surface area contributed by atoms with Crippen LogP contribution in [0.15, 0.2) is 24.3 Å². The molecule has 3 N–H and O–H groups in total. The van der Waals surface area contributed by atoms with Crippen molar-refractivity contribution in [3.05, 3.63) is 24.3 Å². The monoisotopic (exact) mass is 274 g/mol. The number of carbonyl (C=O) groups excluding carboxylic acids is 1. The van der Waals surface area contributed by atoms with Crippen molar-refractivity contribution in [2.75, 3.05) is 5.32 Å². The summed E-state index contributed by atoms with van der Waals surface area (Å²) in [6.45, 7) is 3.61. The van der Waals surface area contributed by atoms with Gasteiger partial charge < -0.3 is 11.1 Å². The third-order valence-corrected chi connectivity index (χ3v) is 3.21. The molecular weight excluding hydrogens is 256 g/mol. The minimum absolute atomic E-state index is 0.103. The Morgan fingerprint density at radius 3 is 2.75 bits per heavy atom. The van der Waals surface area contributed by atoms with Gasteiger partial charge in [-0.3, -0.25) is 4.79 Å². The molecule has 106 valence electrons. The maximum atomic E-state index is 12.0. The summed E-state index contributed by atoms with van der Waals surface area (Å²) >= 11 is 0. The van der Waals surface area contributed by atoms with Crippen LogP contribution in [0.4, 0.5) is 5.69 Å². The van der Waals surface area contributed by atoms with E-state index in [0.29, 0.717) is 11.5 Å². The molecule has 2 aromatic rings. The second kappa shape index (κ2) is 5.79. The van der Waals surface area contributed by atoms with Crippen molar-refractivity contribution < 1.29 is 4.79 Å². The largest absolute Gasteiger partial charge is 0.327 e. The van der Waals surface area contributed by atoms with Crippen LogP contribution < -0.4 is 11.1 Å². The number of hydrogen-bond donors (Lipinski definition) is 2. The zero-order valence-electron chi connectivity index (χ0n) is 11.7. The van der Waals surface area contributed by atoms with Crippen molar-refractivity contribution in [2.24, 2.45) is 18.7 Å². The van der Waals surface area contributed by atoms with Crippen LogP contribution in [-0.4, -0.2) is 32.2 Å². The van der Waals surface area contributed by atoms with Gasteiger partial charge in [-0.2, -0.15) is 0 Å². The van der Waals surface area contributed by atoms with Gasteiger partial charge in [0.15, 0.2) is 5.82 Å². The smallest absolute Gasteiger partial charge is 0.228 e. The molecular formula is C13H18N6O. The normalized spacial score (nSPS) is 13.8. The molecule has 0 saturated heterocycles. The van der Waals surface area contributed by atoms with E-state index in [2.05, 4.69) is 20.8 Å². The standard InChI is InChI=1S/C13H18N6O/c1-8(9(2)14)13(20)15-11-6-4-5-10(7-11)12-16-17-18-19(12)3/h4-9H,14H2,1-3H3,(H,15,20). The first-order valence-corrected chi connectivity index (χ1v) is 6.38. The SMILES string of the molecule is CC(N)C(C)C(=O)Nc1cccc(-c2nnnn2C)c1. The number of rotatable bonds is 4. The molecule has 2 unspecified atom stereocenters. The van der Waals surface area contributed by atoms with Gasteiger partial charge in [-0.05, 0) is 29.5 Å². The molecule has 7 nitrogen and oxygen atoms in total. The van der Waals surface area contributed by atoms with Gasteiger partial charge in [0.05, 0.1) is 5.92 Å². The van der Waals surface area contributed by atoms with Gasteiger partial charge in [0.1, 0.15) is 0 Å². The summed E-state index contributed by atoms with van der Waals surface area (Å²) in [5.41, 5.74) is 7.26. The number of nitrogens with zero attached hydrogens (tertiary/aromatic N) is 4. The average molecular weight is 274 g/mol. The van der Waals surface area contributed by atoms with Crippen LogP contribution in [-0.2, 0) is 11.8 Å². The Labute approximate surface area is 117 Å². The van der Waals surface area contributed by atoms with Gasteiger partial charge in [-0.25, -0.2) is 4.68 Å². The fourth-order valence-corrected chi connectivity index (χ4v) is 1.70. The van der Waals surface area contributed by atoms with E-state index in [-0.39, 0.29) is 17.9 Å². The molecule has 1 aromatic heterocycles. The predicted molar refractivity (Wildman–Crippen MR) is 75.7 cm³/mol. The van der Waals surface area contributed by atoms with Crippen LogP contribution in [0.2, 0.25) is 0 Å². The van der Waals surface area contributed by atoms with E-state index in [1.807, 2.05) is 31.2 Å². The number of aromatic nitrogens is 4. The molecule has 0 saturated carbocycles. The molecule has 7 heteroatoms. The van der Waals surface area contributed by atoms with Gasteiger partial charge >= 0.3 is 0 Å². The van der Waals surface area contributed by atoms with Crippen molar-refractivity contribution in [2.45, 2.75) is 19.9 Å². The molecule has 1 amide bonds. The number of amides is 1. The van der Waals surface area contributed by atoms with Gasteiger partial charge in [-0.1, -0.05) is 19.1 Å². The van der Waals surface area contributed by atoms with E-state index in [1.165, 1.54) is 0 Å². The van der Waals surface area contributed by atoms with E-state index in [9.17, 15) is 4.79 Å².